The Morgan fingerprint density at radius 3 is 2.70 bits per heavy atom. The van der Waals surface area contributed by atoms with Crippen LogP contribution in [0.3, 0.4) is 0 Å². The molecule has 154 valence electrons. The minimum absolute atomic E-state index is 0. The summed E-state index contributed by atoms with van der Waals surface area (Å²) in [5, 5.41) is 11.1. The third-order valence-electron chi connectivity index (χ3n) is 5.06. The maximum absolute atomic E-state index is 12.2. The average molecular weight is 402 g/mol. The number of likely N-dealkylation sites (tertiary alicyclic amines) is 1. The van der Waals surface area contributed by atoms with E-state index >= 15 is 0 Å². The van der Waals surface area contributed by atoms with Crippen molar-refractivity contribution in [2.24, 2.45) is 5.92 Å². The summed E-state index contributed by atoms with van der Waals surface area (Å²) in [6.07, 6.45) is 5.50. The highest BCUT2D eigenvalue weighted by atomic mass is 35.5. The lowest BCUT2D eigenvalue weighted by Crippen LogP contribution is -2.53. The third-order valence-corrected chi connectivity index (χ3v) is 5.06. The molecule has 27 heavy (non-hydrogen) atoms. The van der Waals surface area contributed by atoms with Crippen LogP contribution in [0.4, 0.5) is 4.79 Å². The predicted octanol–water partition coefficient (Wildman–Crippen LogP) is 0.389. The van der Waals surface area contributed by atoms with Gasteiger partial charge in [0.05, 0.1) is 12.1 Å². The number of imide groups is 1. The van der Waals surface area contributed by atoms with Crippen LogP contribution in [-0.2, 0) is 9.59 Å². The highest BCUT2D eigenvalue weighted by molar-refractivity contribution is 5.96. The Hall–Kier alpha value is -1.64. The van der Waals surface area contributed by atoms with Gasteiger partial charge in [-0.1, -0.05) is 6.08 Å². The van der Waals surface area contributed by atoms with Gasteiger partial charge in [-0.2, -0.15) is 0 Å². The lowest BCUT2D eigenvalue weighted by molar-refractivity contribution is -0.126. The number of halogens is 1. The van der Waals surface area contributed by atoms with E-state index in [9.17, 15) is 14.4 Å². The van der Waals surface area contributed by atoms with Crippen LogP contribution < -0.4 is 21.3 Å². The first kappa shape index (κ1) is 23.4. The second kappa shape index (κ2) is 11.9. The lowest BCUT2D eigenvalue weighted by atomic mass is 9.96. The number of carbonyl (C=O) groups is 3. The normalized spacial score (nSPS) is 23.6. The Labute approximate surface area is 167 Å². The van der Waals surface area contributed by atoms with Crippen molar-refractivity contribution >= 4 is 30.3 Å². The predicted molar refractivity (Wildman–Crippen MR) is 107 cm³/mol. The van der Waals surface area contributed by atoms with Crippen LogP contribution >= 0.6 is 12.4 Å². The summed E-state index contributed by atoms with van der Waals surface area (Å²) in [4.78, 5) is 38.0. The zero-order valence-electron chi connectivity index (χ0n) is 16.0. The Morgan fingerprint density at radius 1 is 1.26 bits per heavy atom. The van der Waals surface area contributed by atoms with Gasteiger partial charge in [0.1, 0.15) is 0 Å². The van der Waals surface area contributed by atoms with Crippen LogP contribution in [0.2, 0.25) is 0 Å². The van der Waals surface area contributed by atoms with Crippen molar-refractivity contribution in [2.75, 3.05) is 32.7 Å². The van der Waals surface area contributed by atoms with Crippen molar-refractivity contribution in [2.45, 2.75) is 44.7 Å². The van der Waals surface area contributed by atoms with E-state index in [0.29, 0.717) is 19.0 Å². The Bertz CT molecular complexity index is 525. The highest BCUT2D eigenvalue weighted by Gasteiger charge is 2.29. The summed E-state index contributed by atoms with van der Waals surface area (Å²) in [6.45, 7) is 8.72. The number of hydrogen-bond acceptors (Lipinski definition) is 5. The van der Waals surface area contributed by atoms with Gasteiger partial charge in [0.15, 0.2) is 0 Å². The van der Waals surface area contributed by atoms with Crippen molar-refractivity contribution in [3.8, 4) is 0 Å². The molecule has 2 aliphatic heterocycles. The summed E-state index contributed by atoms with van der Waals surface area (Å²) >= 11 is 0. The fourth-order valence-electron chi connectivity index (χ4n) is 3.48. The molecule has 0 aromatic carbocycles. The maximum Gasteiger partial charge on any atom is 0.321 e. The molecule has 4 amide bonds. The van der Waals surface area contributed by atoms with E-state index < -0.39 is 6.03 Å². The van der Waals surface area contributed by atoms with E-state index in [1.807, 2.05) is 0 Å². The largest absolute Gasteiger partial charge is 0.354 e. The number of nitrogens with one attached hydrogen (secondary N) is 4. The first-order valence-electron chi connectivity index (χ1n) is 9.46. The molecular weight excluding hydrogens is 370 g/mol. The van der Waals surface area contributed by atoms with Crippen LogP contribution in [0, 0.1) is 5.92 Å². The summed E-state index contributed by atoms with van der Waals surface area (Å²) in [5.41, 5.74) is 0. The van der Waals surface area contributed by atoms with Crippen molar-refractivity contribution in [3.63, 3.8) is 0 Å². The summed E-state index contributed by atoms with van der Waals surface area (Å²) in [7, 11) is 0. The number of piperidine rings is 1. The van der Waals surface area contributed by atoms with Gasteiger partial charge in [0.2, 0.25) is 11.8 Å². The van der Waals surface area contributed by atoms with Crippen molar-refractivity contribution in [1.29, 1.82) is 0 Å². The van der Waals surface area contributed by atoms with E-state index in [1.54, 1.807) is 13.0 Å². The average Bonchev–Trinajstić information content (AvgIpc) is 3.18. The topological polar surface area (TPSA) is 103 Å². The summed E-state index contributed by atoms with van der Waals surface area (Å²) in [6, 6.07) is -0.959. The van der Waals surface area contributed by atoms with Crippen LogP contribution in [-0.4, -0.2) is 67.6 Å². The van der Waals surface area contributed by atoms with Crippen molar-refractivity contribution in [3.05, 3.63) is 12.7 Å². The first-order chi connectivity index (χ1) is 12.5. The SMILES string of the molecule is C=CCNC(=O)NC(=O)C(C)N1CCCC(CNC(=O)C2CCCN2)C1.Cl. The Morgan fingerprint density at radius 2 is 2.04 bits per heavy atom. The fourth-order valence-corrected chi connectivity index (χ4v) is 3.48. The quantitative estimate of drug-likeness (QED) is 0.462. The van der Waals surface area contributed by atoms with Gasteiger partial charge < -0.3 is 16.0 Å². The molecule has 2 aliphatic rings. The number of carbonyl (C=O) groups excluding carboxylic acids is 3. The molecular formula is C18H32ClN5O3. The van der Waals surface area contributed by atoms with Gasteiger partial charge in [-0.15, -0.1) is 19.0 Å². The number of rotatable bonds is 7. The maximum atomic E-state index is 12.2. The Balaban J connectivity index is 0.00000364. The van der Waals surface area contributed by atoms with Crippen molar-refractivity contribution in [1.82, 2.24) is 26.2 Å². The summed E-state index contributed by atoms with van der Waals surface area (Å²) < 4.78 is 0. The molecule has 4 N–H and O–H groups in total. The monoisotopic (exact) mass is 401 g/mol. The number of nitrogens with zero attached hydrogens (tertiary/aromatic N) is 1. The molecule has 3 unspecified atom stereocenters. The number of amides is 4. The Kier molecular flexibility index (Phi) is 10.4. The van der Waals surface area contributed by atoms with Crippen LogP contribution in [0.1, 0.15) is 32.6 Å². The highest BCUT2D eigenvalue weighted by Crippen LogP contribution is 2.18. The molecule has 2 fully saturated rings. The molecule has 0 radical (unpaired) electrons. The van der Waals surface area contributed by atoms with Crippen LogP contribution in [0.5, 0.6) is 0 Å². The molecule has 0 spiro atoms. The minimum atomic E-state index is -0.508. The number of urea groups is 1. The second-order valence-electron chi connectivity index (χ2n) is 7.06. The zero-order chi connectivity index (χ0) is 18.9. The molecule has 2 heterocycles. The molecule has 2 rings (SSSR count). The fraction of sp³-hybridized carbons (Fsp3) is 0.722. The molecule has 0 aliphatic carbocycles. The van der Waals surface area contributed by atoms with E-state index in [0.717, 1.165) is 45.3 Å². The van der Waals surface area contributed by atoms with Crippen LogP contribution in [0.25, 0.3) is 0 Å². The van der Waals surface area contributed by atoms with Gasteiger partial charge in [0.25, 0.3) is 0 Å². The first-order valence-corrected chi connectivity index (χ1v) is 9.46. The van der Waals surface area contributed by atoms with Gasteiger partial charge >= 0.3 is 6.03 Å². The van der Waals surface area contributed by atoms with Crippen molar-refractivity contribution < 1.29 is 14.4 Å². The van der Waals surface area contributed by atoms with Gasteiger partial charge in [-0.25, -0.2) is 4.79 Å². The molecule has 0 aromatic heterocycles. The van der Waals surface area contributed by atoms with Gasteiger partial charge in [0, 0.05) is 19.6 Å². The van der Waals surface area contributed by atoms with E-state index in [-0.39, 0.29) is 36.3 Å². The van der Waals surface area contributed by atoms with E-state index in [2.05, 4.69) is 32.7 Å². The molecule has 0 bridgehead atoms. The molecule has 8 nitrogen and oxygen atoms in total. The van der Waals surface area contributed by atoms with Crippen LogP contribution in [0.15, 0.2) is 12.7 Å². The van der Waals surface area contributed by atoms with E-state index in [4.69, 9.17) is 0 Å². The third kappa shape index (κ3) is 7.48. The minimum Gasteiger partial charge on any atom is -0.354 e. The summed E-state index contributed by atoms with van der Waals surface area (Å²) in [5.74, 6) is 0.0784. The van der Waals surface area contributed by atoms with Gasteiger partial charge in [-0.3, -0.25) is 19.8 Å². The lowest BCUT2D eigenvalue weighted by Gasteiger charge is -2.36. The molecule has 0 saturated carbocycles. The molecule has 9 heteroatoms. The van der Waals surface area contributed by atoms with E-state index in [1.165, 1.54) is 0 Å². The molecule has 2 saturated heterocycles. The number of hydrogen-bond donors (Lipinski definition) is 4. The molecule has 3 atom stereocenters. The van der Waals surface area contributed by atoms with Gasteiger partial charge in [-0.05, 0) is 51.6 Å². The molecule has 0 aromatic rings. The standard InChI is InChI=1S/C18H31N5O3.ClH/c1-3-8-20-18(26)22-16(24)13(2)23-10-5-6-14(12-23)11-21-17(25)15-7-4-9-19-15;/h3,13-15,19H,1,4-12H2,2H3,(H,21,25)(H2,20,22,24,26);1H. The second-order valence-corrected chi connectivity index (χ2v) is 7.06. The zero-order valence-corrected chi connectivity index (χ0v) is 16.8. The smallest absolute Gasteiger partial charge is 0.321 e.